The van der Waals surface area contributed by atoms with E-state index in [-0.39, 0.29) is 5.82 Å². The Labute approximate surface area is 138 Å². The van der Waals surface area contributed by atoms with Crippen molar-refractivity contribution in [2.75, 3.05) is 25.0 Å². The lowest BCUT2D eigenvalue weighted by Crippen LogP contribution is -2.58. The van der Waals surface area contributed by atoms with E-state index < -0.39 is 0 Å². The Morgan fingerprint density at radius 2 is 2.21 bits per heavy atom. The van der Waals surface area contributed by atoms with Gasteiger partial charge in [-0.15, -0.1) is 0 Å². The van der Waals surface area contributed by atoms with Crippen molar-refractivity contribution in [1.82, 2.24) is 20.0 Å². The second-order valence-electron chi connectivity index (χ2n) is 6.27. The average Bonchev–Trinajstić information content (AvgIpc) is 2.90. The minimum Gasteiger partial charge on any atom is -0.356 e. The molecule has 24 heavy (non-hydrogen) atoms. The van der Waals surface area contributed by atoms with Gasteiger partial charge in [0.25, 0.3) is 0 Å². The summed E-state index contributed by atoms with van der Waals surface area (Å²) in [6.07, 6.45) is 3.42. The van der Waals surface area contributed by atoms with Gasteiger partial charge in [-0.1, -0.05) is 5.16 Å². The summed E-state index contributed by atoms with van der Waals surface area (Å²) in [6, 6.07) is 4.95. The molecule has 0 unspecified atom stereocenters. The van der Waals surface area contributed by atoms with E-state index in [9.17, 15) is 4.39 Å². The number of nitrogens with zero attached hydrogens (tertiary/aromatic N) is 5. The van der Waals surface area contributed by atoms with Crippen LogP contribution in [0.25, 0.3) is 11.0 Å². The molecule has 0 amide bonds. The summed E-state index contributed by atoms with van der Waals surface area (Å²) in [5.41, 5.74) is 2.41. The van der Waals surface area contributed by atoms with Gasteiger partial charge in [-0.3, -0.25) is 4.90 Å². The quantitative estimate of drug-likeness (QED) is 0.733. The molecular formula is C17H18FN5O. The summed E-state index contributed by atoms with van der Waals surface area (Å²) in [6.45, 7) is 4.52. The average molecular weight is 327 g/mol. The molecule has 1 aliphatic rings. The highest BCUT2D eigenvalue weighted by Gasteiger charge is 2.32. The van der Waals surface area contributed by atoms with Gasteiger partial charge in [0.15, 0.2) is 5.58 Å². The lowest BCUT2D eigenvalue weighted by molar-refractivity contribution is 0.192. The monoisotopic (exact) mass is 327 g/mol. The van der Waals surface area contributed by atoms with Crippen molar-refractivity contribution in [3.8, 4) is 0 Å². The third-order valence-corrected chi connectivity index (χ3v) is 4.56. The fourth-order valence-corrected chi connectivity index (χ4v) is 3.07. The first-order valence-corrected chi connectivity index (χ1v) is 7.87. The number of fused-ring (bicyclic) bond motifs is 1. The zero-order valence-corrected chi connectivity index (χ0v) is 13.6. The molecule has 6 nitrogen and oxygen atoms in total. The van der Waals surface area contributed by atoms with Crippen molar-refractivity contribution in [1.29, 1.82) is 0 Å². The number of benzene rings is 1. The number of aryl methyl sites for hydroxylation is 1. The van der Waals surface area contributed by atoms with Crippen LogP contribution in [0.2, 0.25) is 0 Å². The van der Waals surface area contributed by atoms with Gasteiger partial charge in [-0.05, 0) is 26.1 Å². The second-order valence-corrected chi connectivity index (χ2v) is 6.27. The number of hydrogen-bond donors (Lipinski definition) is 0. The summed E-state index contributed by atoms with van der Waals surface area (Å²) in [5.74, 6) is 0.686. The van der Waals surface area contributed by atoms with Crippen LogP contribution >= 0.6 is 0 Å². The van der Waals surface area contributed by atoms with Gasteiger partial charge in [0.2, 0.25) is 0 Å². The Morgan fingerprint density at radius 3 is 3.00 bits per heavy atom. The fourth-order valence-electron chi connectivity index (χ4n) is 3.07. The highest BCUT2D eigenvalue weighted by atomic mass is 19.1. The van der Waals surface area contributed by atoms with E-state index in [1.54, 1.807) is 12.4 Å². The van der Waals surface area contributed by atoms with Crippen LogP contribution in [0.4, 0.5) is 10.2 Å². The molecule has 1 saturated heterocycles. The van der Waals surface area contributed by atoms with Gasteiger partial charge in [-0.25, -0.2) is 14.4 Å². The Bertz CT molecular complexity index is 874. The van der Waals surface area contributed by atoms with Crippen LogP contribution in [0.15, 0.2) is 35.2 Å². The van der Waals surface area contributed by atoms with Crippen molar-refractivity contribution in [3.05, 3.63) is 47.8 Å². The summed E-state index contributed by atoms with van der Waals surface area (Å²) in [4.78, 5) is 12.9. The van der Waals surface area contributed by atoms with E-state index in [1.807, 2.05) is 13.1 Å². The molecule has 1 fully saturated rings. The van der Waals surface area contributed by atoms with Crippen molar-refractivity contribution in [2.45, 2.75) is 19.5 Å². The molecule has 0 N–H and O–H groups in total. The van der Waals surface area contributed by atoms with Crippen LogP contribution in [-0.2, 0) is 6.54 Å². The molecule has 0 spiro atoms. The van der Waals surface area contributed by atoms with Gasteiger partial charge in [0.1, 0.15) is 23.7 Å². The van der Waals surface area contributed by atoms with E-state index in [0.717, 1.165) is 35.6 Å². The maximum absolute atomic E-state index is 13.2. The molecule has 0 aliphatic carbocycles. The number of hydrogen-bond acceptors (Lipinski definition) is 6. The first-order valence-electron chi connectivity index (χ1n) is 7.87. The molecule has 2 aromatic heterocycles. The summed E-state index contributed by atoms with van der Waals surface area (Å²) >= 11 is 0. The highest BCUT2D eigenvalue weighted by Crippen LogP contribution is 2.26. The zero-order chi connectivity index (χ0) is 16.7. The van der Waals surface area contributed by atoms with Gasteiger partial charge >= 0.3 is 0 Å². The van der Waals surface area contributed by atoms with Crippen LogP contribution < -0.4 is 4.90 Å². The summed E-state index contributed by atoms with van der Waals surface area (Å²) in [7, 11) is 2.07. The number of likely N-dealkylation sites (N-methyl/N-ethyl adjacent to an activating group) is 1. The molecule has 4 rings (SSSR count). The number of rotatable bonds is 4. The van der Waals surface area contributed by atoms with Gasteiger partial charge in [-0.2, -0.15) is 0 Å². The molecule has 0 bridgehead atoms. The molecule has 124 valence electrons. The van der Waals surface area contributed by atoms with Crippen LogP contribution in [-0.4, -0.2) is 46.2 Å². The molecule has 1 aromatic carbocycles. The Morgan fingerprint density at radius 1 is 1.38 bits per heavy atom. The Kier molecular flexibility index (Phi) is 3.65. The molecule has 0 radical (unpaired) electrons. The maximum Gasteiger partial charge on any atom is 0.170 e. The van der Waals surface area contributed by atoms with Crippen molar-refractivity contribution in [3.63, 3.8) is 0 Å². The van der Waals surface area contributed by atoms with Crippen LogP contribution in [0, 0.1) is 12.7 Å². The van der Waals surface area contributed by atoms with Crippen molar-refractivity contribution < 1.29 is 8.91 Å². The van der Waals surface area contributed by atoms with Gasteiger partial charge < -0.3 is 9.42 Å². The third kappa shape index (κ3) is 2.60. The second kappa shape index (κ2) is 5.83. The number of halogens is 1. The molecule has 0 saturated carbocycles. The molecule has 7 heteroatoms. The van der Waals surface area contributed by atoms with E-state index in [1.165, 1.54) is 12.1 Å². The molecular weight excluding hydrogens is 309 g/mol. The smallest absolute Gasteiger partial charge is 0.170 e. The number of aromatic nitrogens is 3. The van der Waals surface area contributed by atoms with E-state index >= 15 is 0 Å². The maximum atomic E-state index is 13.2. The summed E-state index contributed by atoms with van der Waals surface area (Å²) in [5, 5.41) is 4.96. The van der Waals surface area contributed by atoms with E-state index in [4.69, 9.17) is 4.52 Å². The Hall–Kier alpha value is -2.54. The minimum absolute atomic E-state index is 0.312. The van der Waals surface area contributed by atoms with Crippen LogP contribution in [0.5, 0.6) is 0 Å². The first-order chi connectivity index (χ1) is 11.6. The predicted molar refractivity (Wildman–Crippen MR) is 88.2 cm³/mol. The lowest BCUT2D eigenvalue weighted by atomic mass is 10.1. The van der Waals surface area contributed by atoms with E-state index in [0.29, 0.717) is 18.2 Å². The normalized spacial score (nSPS) is 15.2. The minimum atomic E-state index is -0.312. The Balaban J connectivity index is 1.42. The van der Waals surface area contributed by atoms with E-state index in [2.05, 4.69) is 32.0 Å². The van der Waals surface area contributed by atoms with Crippen molar-refractivity contribution in [2.24, 2.45) is 0 Å². The molecule has 0 atom stereocenters. The van der Waals surface area contributed by atoms with Gasteiger partial charge in [0.05, 0.1) is 0 Å². The molecule has 1 aliphatic heterocycles. The highest BCUT2D eigenvalue weighted by molar-refractivity contribution is 5.79. The third-order valence-electron chi connectivity index (χ3n) is 4.56. The topological polar surface area (TPSA) is 58.3 Å². The van der Waals surface area contributed by atoms with Crippen LogP contribution in [0.1, 0.15) is 11.3 Å². The summed E-state index contributed by atoms with van der Waals surface area (Å²) < 4.78 is 18.4. The fraction of sp³-hybridized carbons (Fsp3) is 0.353. The predicted octanol–water partition coefficient (Wildman–Crippen LogP) is 2.39. The van der Waals surface area contributed by atoms with Gasteiger partial charge in [0, 0.05) is 48.9 Å². The lowest BCUT2D eigenvalue weighted by Gasteiger charge is -2.44. The van der Waals surface area contributed by atoms with Crippen molar-refractivity contribution >= 4 is 16.8 Å². The van der Waals surface area contributed by atoms with Crippen LogP contribution in [0.3, 0.4) is 0 Å². The molecule has 3 heterocycles. The largest absolute Gasteiger partial charge is 0.356 e. The zero-order valence-electron chi connectivity index (χ0n) is 13.6. The number of anilines is 1. The SMILES string of the molecule is Cc1cncnc1N1CC(N(C)Cc2noc3cc(F)ccc23)C1. The standard InChI is InChI=1S/C17H18FN5O/c1-11-6-19-10-20-17(11)23-7-13(8-23)22(2)9-15-14-4-3-12(18)5-16(14)24-21-15/h3-6,10,13H,7-9H2,1-2H3. The molecule has 3 aromatic rings. The first kappa shape index (κ1) is 15.0.